The molecule has 1 atom stereocenters. The molecule has 0 fully saturated rings. The molecule has 1 N–H and O–H groups in total. The van der Waals surface area contributed by atoms with Gasteiger partial charge in [-0.1, -0.05) is 13.8 Å². The summed E-state index contributed by atoms with van der Waals surface area (Å²) in [6.07, 6.45) is 0.996. The van der Waals surface area contributed by atoms with Gasteiger partial charge in [-0.15, -0.1) is 0 Å². The lowest BCUT2D eigenvalue weighted by Gasteiger charge is -2.16. The molecule has 0 aliphatic carbocycles. The van der Waals surface area contributed by atoms with Crippen molar-refractivity contribution < 1.29 is 4.42 Å². The molecular weight excluding hydrogens is 164 g/mol. The summed E-state index contributed by atoms with van der Waals surface area (Å²) in [7, 11) is 0. The lowest BCUT2D eigenvalue weighted by Crippen LogP contribution is -2.26. The van der Waals surface area contributed by atoms with Crippen LogP contribution in [0.2, 0.25) is 0 Å². The second kappa shape index (κ2) is 3.14. The first-order chi connectivity index (χ1) is 6.18. The highest BCUT2D eigenvalue weighted by Crippen LogP contribution is 2.26. The Labute approximate surface area is 78.5 Å². The van der Waals surface area contributed by atoms with E-state index in [-0.39, 0.29) is 0 Å². The third kappa shape index (κ3) is 1.48. The van der Waals surface area contributed by atoms with E-state index in [0.29, 0.717) is 12.0 Å². The van der Waals surface area contributed by atoms with Crippen molar-refractivity contribution in [1.29, 1.82) is 0 Å². The van der Waals surface area contributed by atoms with Crippen LogP contribution in [0.3, 0.4) is 0 Å². The predicted molar refractivity (Wildman–Crippen MR) is 50.7 cm³/mol. The summed E-state index contributed by atoms with van der Waals surface area (Å²) in [5.74, 6) is 2.30. The summed E-state index contributed by atoms with van der Waals surface area (Å²) in [4.78, 5) is 4.49. The number of fused-ring (bicyclic) bond motifs is 1. The maximum Gasteiger partial charge on any atom is 0.197 e. The largest absolute Gasteiger partial charge is 0.443 e. The molecule has 1 unspecified atom stereocenters. The van der Waals surface area contributed by atoms with Gasteiger partial charge in [0.15, 0.2) is 5.89 Å². The molecule has 1 aromatic heterocycles. The van der Waals surface area contributed by atoms with Crippen molar-refractivity contribution in [2.24, 2.45) is 0 Å². The van der Waals surface area contributed by atoms with Gasteiger partial charge >= 0.3 is 0 Å². The Balaban J connectivity index is 2.36. The minimum absolute atomic E-state index is 0.323. The van der Waals surface area contributed by atoms with E-state index in [1.807, 2.05) is 0 Å². The lowest BCUT2D eigenvalue weighted by atomic mass is 10.1. The number of nitrogens with zero attached hydrogens (tertiary/aromatic N) is 1. The molecule has 3 nitrogen and oxygen atoms in total. The molecule has 1 aliphatic rings. The molecule has 0 bridgehead atoms. The van der Waals surface area contributed by atoms with Crippen molar-refractivity contribution in [3.63, 3.8) is 0 Å². The fourth-order valence-electron chi connectivity index (χ4n) is 1.65. The highest BCUT2D eigenvalue weighted by Gasteiger charge is 2.23. The minimum Gasteiger partial charge on any atom is -0.443 e. The van der Waals surface area contributed by atoms with E-state index >= 15 is 0 Å². The van der Waals surface area contributed by atoms with E-state index in [2.05, 4.69) is 31.1 Å². The predicted octanol–water partition coefficient (Wildman–Crippen LogP) is 2.00. The zero-order chi connectivity index (χ0) is 9.42. The van der Waals surface area contributed by atoms with Gasteiger partial charge in [0.05, 0.1) is 11.7 Å². The van der Waals surface area contributed by atoms with E-state index in [1.54, 1.807) is 0 Å². The fraction of sp³-hybridized carbons (Fsp3) is 0.700. The number of nitrogens with one attached hydrogen (secondary N) is 1. The van der Waals surface area contributed by atoms with Crippen molar-refractivity contribution in [3.05, 3.63) is 17.3 Å². The zero-order valence-corrected chi connectivity index (χ0v) is 8.42. The van der Waals surface area contributed by atoms with Crippen molar-refractivity contribution in [2.75, 3.05) is 6.54 Å². The molecule has 1 aromatic rings. The summed E-state index contributed by atoms with van der Waals surface area (Å²) < 4.78 is 5.71. The Bertz CT molecular complexity index is 304. The molecule has 0 aromatic carbocycles. The van der Waals surface area contributed by atoms with Gasteiger partial charge in [0.2, 0.25) is 0 Å². The number of rotatable bonds is 1. The summed E-state index contributed by atoms with van der Waals surface area (Å²) in [5.41, 5.74) is 1.15. The van der Waals surface area contributed by atoms with Gasteiger partial charge < -0.3 is 9.73 Å². The second-order valence-electron chi connectivity index (χ2n) is 3.94. The number of hydrogen-bond donors (Lipinski definition) is 1. The molecule has 72 valence electrons. The molecule has 1 aliphatic heterocycles. The Morgan fingerprint density at radius 3 is 2.92 bits per heavy atom. The third-order valence-corrected chi connectivity index (χ3v) is 2.44. The van der Waals surface area contributed by atoms with Crippen LogP contribution in [0.4, 0.5) is 0 Å². The van der Waals surface area contributed by atoms with E-state index < -0.39 is 0 Å². The van der Waals surface area contributed by atoms with Gasteiger partial charge in [0, 0.05) is 18.9 Å². The quantitative estimate of drug-likeness (QED) is 0.718. The molecule has 2 heterocycles. The molecule has 13 heavy (non-hydrogen) atoms. The molecule has 3 heteroatoms. The van der Waals surface area contributed by atoms with Crippen LogP contribution in [-0.2, 0) is 6.42 Å². The number of aromatic nitrogens is 1. The van der Waals surface area contributed by atoms with Gasteiger partial charge in [-0.05, 0) is 6.92 Å². The van der Waals surface area contributed by atoms with Crippen LogP contribution in [0.1, 0.15) is 50.1 Å². The first kappa shape index (κ1) is 8.75. The standard InChI is InChI=1S/C10H16N2O/c1-6(2)10-12-8-4-5-11-7(3)9(8)13-10/h6-7,11H,4-5H2,1-3H3. The van der Waals surface area contributed by atoms with Gasteiger partial charge in [0.25, 0.3) is 0 Å². The highest BCUT2D eigenvalue weighted by atomic mass is 16.4. The molecule has 0 saturated heterocycles. The number of hydrogen-bond acceptors (Lipinski definition) is 3. The summed E-state index contributed by atoms with van der Waals surface area (Å²) in [6, 6.07) is 0.323. The fourth-order valence-corrected chi connectivity index (χ4v) is 1.65. The van der Waals surface area contributed by atoms with Crippen molar-refractivity contribution in [2.45, 2.75) is 39.2 Å². The Morgan fingerprint density at radius 1 is 1.54 bits per heavy atom. The van der Waals surface area contributed by atoms with Crippen LogP contribution in [0.5, 0.6) is 0 Å². The normalized spacial score (nSPS) is 22.0. The molecule has 0 spiro atoms. The van der Waals surface area contributed by atoms with Gasteiger partial charge in [0.1, 0.15) is 5.76 Å². The van der Waals surface area contributed by atoms with Crippen molar-refractivity contribution in [3.8, 4) is 0 Å². The molecule has 0 amide bonds. The summed E-state index contributed by atoms with van der Waals surface area (Å²) in [5, 5.41) is 3.36. The summed E-state index contributed by atoms with van der Waals surface area (Å²) in [6.45, 7) is 7.34. The monoisotopic (exact) mass is 180 g/mol. The van der Waals surface area contributed by atoms with Crippen molar-refractivity contribution >= 4 is 0 Å². The van der Waals surface area contributed by atoms with E-state index in [0.717, 1.165) is 30.3 Å². The molecule has 0 radical (unpaired) electrons. The maximum atomic E-state index is 5.71. The SMILES string of the molecule is CC(C)c1nc2c(o1)C(C)NCC2. The van der Waals surface area contributed by atoms with E-state index in [1.165, 1.54) is 0 Å². The number of oxazole rings is 1. The Hall–Kier alpha value is -0.830. The van der Waals surface area contributed by atoms with Gasteiger partial charge in [-0.2, -0.15) is 0 Å². The molecular formula is C10H16N2O. The van der Waals surface area contributed by atoms with Crippen LogP contribution in [0.25, 0.3) is 0 Å². The van der Waals surface area contributed by atoms with Crippen LogP contribution < -0.4 is 5.32 Å². The molecule has 2 rings (SSSR count). The topological polar surface area (TPSA) is 38.1 Å². The average Bonchev–Trinajstić information content (AvgIpc) is 2.49. The van der Waals surface area contributed by atoms with Gasteiger partial charge in [-0.3, -0.25) is 0 Å². The van der Waals surface area contributed by atoms with Crippen LogP contribution in [0.15, 0.2) is 4.42 Å². The van der Waals surface area contributed by atoms with Crippen LogP contribution in [-0.4, -0.2) is 11.5 Å². The first-order valence-corrected chi connectivity index (χ1v) is 4.91. The smallest absolute Gasteiger partial charge is 0.197 e. The minimum atomic E-state index is 0.323. The van der Waals surface area contributed by atoms with E-state index in [4.69, 9.17) is 4.42 Å². The Kier molecular flexibility index (Phi) is 2.12. The lowest BCUT2D eigenvalue weighted by molar-refractivity contribution is 0.379. The van der Waals surface area contributed by atoms with Crippen LogP contribution >= 0.6 is 0 Å². The Morgan fingerprint density at radius 2 is 2.31 bits per heavy atom. The van der Waals surface area contributed by atoms with E-state index in [9.17, 15) is 0 Å². The highest BCUT2D eigenvalue weighted by molar-refractivity contribution is 5.17. The third-order valence-electron chi connectivity index (χ3n) is 2.44. The van der Waals surface area contributed by atoms with Gasteiger partial charge in [-0.25, -0.2) is 4.98 Å². The van der Waals surface area contributed by atoms with Crippen molar-refractivity contribution in [1.82, 2.24) is 10.3 Å². The second-order valence-corrected chi connectivity index (χ2v) is 3.94. The van der Waals surface area contributed by atoms with Crippen LogP contribution in [0, 0.1) is 0 Å². The zero-order valence-electron chi connectivity index (χ0n) is 8.42. The first-order valence-electron chi connectivity index (χ1n) is 4.91. The average molecular weight is 180 g/mol. The summed E-state index contributed by atoms with van der Waals surface area (Å²) >= 11 is 0. The molecule has 0 saturated carbocycles. The maximum absolute atomic E-state index is 5.71.